The maximum absolute atomic E-state index is 15.2. The van der Waals surface area contributed by atoms with Gasteiger partial charge in [0.1, 0.15) is 35.6 Å². The fourth-order valence-corrected chi connectivity index (χ4v) is 9.51. The highest BCUT2D eigenvalue weighted by atomic mass is 17.2. The lowest BCUT2D eigenvalue weighted by Gasteiger charge is -2.67. The monoisotopic (exact) mass is 823 g/mol. The molecule has 0 unspecified atom stereocenters. The van der Waals surface area contributed by atoms with Crippen LogP contribution in [0, 0.1) is 16.7 Å². The molecule has 320 valence electrons. The molecule has 2 aromatic rings. The Balaban J connectivity index is 1.45. The van der Waals surface area contributed by atoms with Gasteiger partial charge in [-0.2, -0.15) is 4.89 Å². The van der Waals surface area contributed by atoms with Crippen molar-refractivity contribution < 1.29 is 73.1 Å². The molecule has 0 radical (unpaired) electrons. The van der Waals surface area contributed by atoms with E-state index in [1.165, 1.54) is 26.0 Å². The van der Waals surface area contributed by atoms with Crippen molar-refractivity contribution in [2.45, 2.75) is 128 Å². The normalized spacial score (nSPS) is 33.3. The Labute approximate surface area is 341 Å². The van der Waals surface area contributed by atoms with Gasteiger partial charge in [0.05, 0.1) is 35.6 Å². The number of esters is 2. The minimum atomic E-state index is -2.27. The number of ether oxygens (including phenoxy) is 4. The Kier molecular flexibility index (Phi) is 11.7. The molecule has 3 aliphatic carbocycles. The fourth-order valence-electron chi connectivity index (χ4n) is 9.51. The van der Waals surface area contributed by atoms with Crippen LogP contribution in [0.25, 0.3) is 0 Å². The minimum absolute atomic E-state index is 0.0252. The van der Waals surface area contributed by atoms with Gasteiger partial charge in [-0.05, 0) is 63.5 Å². The van der Waals surface area contributed by atoms with Gasteiger partial charge >= 0.3 is 24.0 Å². The lowest BCUT2D eigenvalue weighted by molar-refractivity contribution is -0.387. The molecule has 1 saturated heterocycles. The van der Waals surface area contributed by atoms with Crippen LogP contribution in [0.15, 0.2) is 71.8 Å². The Morgan fingerprint density at radius 2 is 1.58 bits per heavy atom. The number of amides is 1. The summed E-state index contributed by atoms with van der Waals surface area (Å²) in [5, 5.41) is 50.6. The summed E-state index contributed by atoms with van der Waals surface area (Å²) >= 11 is 0. The van der Waals surface area contributed by atoms with Crippen LogP contribution in [0.4, 0.5) is 4.79 Å². The summed E-state index contributed by atoms with van der Waals surface area (Å²) in [6.07, 6.45) is -11.7. The molecule has 5 N–H and O–H groups in total. The van der Waals surface area contributed by atoms with Crippen molar-refractivity contribution in [3.63, 3.8) is 0 Å². The van der Waals surface area contributed by atoms with E-state index < -0.39 is 112 Å². The number of Topliss-reactive ketones (excluding diaryl/α,β-unsaturated/α-hetero) is 1. The highest BCUT2D eigenvalue weighted by molar-refractivity contribution is 5.94. The third kappa shape index (κ3) is 7.55. The van der Waals surface area contributed by atoms with E-state index in [9.17, 15) is 39.6 Å². The zero-order chi connectivity index (χ0) is 43.5. The van der Waals surface area contributed by atoms with Crippen molar-refractivity contribution >= 4 is 29.8 Å². The molecule has 3 fully saturated rings. The van der Waals surface area contributed by atoms with E-state index in [1.807, 2.05) is 0 Å². The van der Waals surface area contributed by atoms with Crippen molar-refractivity contribution in [3.05, 3.63) is 82.9 Å². The van der Waals surface area contributed by atoms with E-state index in [4.69, 9.17) is 28.7 Å². The van der Waals surface area contributed by atoms with Crippen molar-refractivity contribution in [2.24, 2.45) is 16.7 Å². The molecule has 59 heavy (non-hydrogen) atoms. The molecule has 2 saturated carbocycles. The molecule has 0 spiro atoms. The van der Waals surface area contributed by atoms with Gasteiger partial charge < -0.3 is 44.7 Å². The summed E-state index contributed by atoms with van der Waals surface area (Å²) in [6.45, 7) is 11.7. The van der Waals surface area contributed by atoms with Gasteiger partial charge in [0.15, 0.2) is 17.5 Å². The minimum Gasteiger partial charge on any atom is -0.455 e. The van der Waals surface area contributed by atoms with Crippen LogP contribution in [0.1, 0.15) is 90.2 Å². The standard InChI is InChI=1S/C43H53NO15/c1-22-26(46)20-43(53)35(55-36(50)25-17-13-10-14-18-25)33-41(8,34(49)31(47)29(22)40(43,6)7)27(19-28-42(33,21-54-28)56-23(2)45)58-59-37(51)32(48)30(24-15-11-9-12-16-24)44-38(52)57-39(3,4)5/h9-18,26-28,30-33,35,46-48,53H,19-21H2,1-8H3,(H,44,52)/t26-,27-,28+,30+,31+,32-,33-,35-,41+,42-,43+/m0/s1. The van der Waals surface area contributed by atoms with E-state index in [0.717, 1.165) is 6.92 Å². The van der Waals surface area contributed by atoms with Gasteiger partial charge in [-0.1, -0.05) is 62.4 Å². The predicted molar refractivity (Wildman–Crippen MR) is 205 cm³/mol. The number of rotatable bonds is 9. The van der Waals surface area contributed by atoms with Crippen LogP contribution in [0.3, 0.4) is 0 Å². The summed E-state index contributed by atoms with van der Waals surface area (Å²) in [5.41, 5.74) is -8.12. The second-order valence-corrected chi connectivity index (χ2v) is 17.6. The smallest absolute Gasteiger partial charge is 0.408 e. The number of hydrogen-bond donors (Lipinski definition) is 5. The van der Waals surface area contributed by atoms with Gasteiger partial charge in [0.2, 0.25) is 0 Å². The molecule has 2 aromatic carbocycles. The third-order valence-corrected chi connectivity index (χ3v) is 12.5. The Morgan fingerprint density at radius 1 is 0.966 bits per heavy atom. The number of fused-ring (bicyclic) bond motifs is 5. The maximum atomic E-state index is 15.2. The van der Waals surface area contributed by atoms with Crippen molar-refractivity contribution in [2.75, 3.05) is 6.61 Å². The molecular formula is C43H53NO15. The number of carbonyl (C=O) groups excluding carboxylic acids is 5. The van der Waals surface area contributed by atoms with Crippen molar-refractivity contribution in [1.29, 1.82) is 0 Å². The number of alkyl carbamates (subject to hydrolysis) is 1. The summed E-state index contributed by atoms with van der Waals surface area (Å²) in [5.74, 6) is -5.65. The van der Waals surface area contributed by atoms with Crippen LogP contribution in [-0.2, 0) is 43.1 Å². The number of nitrogens with one attached hydrogen (secondary N) is 1. The number of aliphatic hydroxyl groups is 4. The lowest BCUT2D eigenvalue weighted by Crippen LogP contribution is -2.82. The molecule has 1 heterocycles. The molecule has 6 rings (SSSR count). The van der Waals surface area contributed by atoms with E-state index in [-0.39, 0.29) is 29.7 Å². The number of aliphatic hydroxyl groups excluding tert-OH is 3. The van der Waals surface area contributed by atoms with Crippen LogP contribution < -0.4 is 5.32 Å². The van der Waals surface area contributed by atoms with Gasteiger partial charge in [0.25, 0.3) is 0 Å². The van der Waals surface area contributed by atoms with E-state index in [0.29, 0.717) is 5.56 Å². The first-order valence-corrected chi connectivity index (χ1v) is 19.5. The van der Waals surface area contributed by atoms with Gasteiger partial charge in [-0.25, -0.2) is 14.4 Å². The largest absolute Gasteiger partial charge is 0.455 e. The predicted octanol–water partition coefficient (Wildman–Crippen LogP) is 3.19. The molecular weight excluding hydrogens is 770 g/mol. The van der Waals surface area contributed by atoms with Crippen molar-refractivity contribution in [1.82, 2.24) is 5.32 Å². The van der Waals surface area contributed by atoms with Crippen LogP contribution in [0.5, 0.6) is 0 Å². The molecule has 16 heteroatoms. The van der Waals surface area contributed by atoms with Crippen LogP contribution >= 0.6 is 0 Å². The number of carbonyl (C=O) groups is 5. The summed E-state index contributed by atoms with van der Waals surface area (Å²) in [6, 6.07) is 14.5. The Bertz CT molecular complexity index is 2000. The Morgan fingerprint density at radius 3 is 2.14 bits per heavy atom. The number of benzene rings is 2. The molecule has 0 aromatic heterocycles. The fraction of sp³-hybridized carbons (Fsp3) is 0.558. The Hall–Kier alpha value is -4.71. The quantitative estimate of drug-likeness (QED) is 0.0804. The SMILES string of the molecule is CC(=O)O[C@@]12CO[C@@H]1C[C@H](OOC(=O)[C@@H](O)[C@H](NC(=O)OC(C)(C)C)c1ccccc1)[C@@]1(C)C(=O)[C@H](O)C3=C(C)[C@@H](O)C[C@@](O)([C@@H](OC(=O)c4ccccc4)[C@H]21)C3(C)C. The summed E-state index contributed by atoms with van der Waals surface area (Å²) in [7, 11) is 0. The maximum Gasteiger partial charge on any atom is 0.408 e. The summed E-state index contributed by atoms with van der Waals surface area (Å²) < 4.78 is 23.6. The zero-order valence-electron chi connectivity index (χ0n) is 34.3. The molecule has 11 atom stereocenters. The summed E-state index contributed by atoms with van der Waals surface area (Å²) in [4.78, 5) is 80.0. The lowest BCUT2D eigenvalue weighted by atomic mass is 9.44. The van der Waals surface area contributed by atoms with Gasteiger partial charge in [0, 0.05) is 25.2 Å². The van der Waals surface area contributed by atoms with E-state index >= 15 is 4.79 Å². The molecule has 2 bridgehead atoms. The van der Waals surface area contributed by atoms with Crippen molar-refractivity contribution in [3.8, 4) is 0 Å². The van der Waals surface area contributed by atoms with Gasteiger partial charge in [-0.3, -0.25) is 14.5 Å². The average Bonchev–Trinajstić information content (AvgIpc) is 3.16. The number of hydrogen-bond acceptors (Lipinski definition) is 15. The van der Waals surface area contributed by atoms with E-state index in [1.54, 1.807) is 83.1 Å². The third-order valence-electron chi connectivity index (χ3n) is 12.5. The second kappa shape index (κ2) is 15.7. The topological polar surface area (TPSA) is 234 Å². The highest BCUT2D eigenvalue weighted by Gasteiger charge is 2.78. The van der Waals surface area contributed by atoms with Crippen LogP contribution in [-0.4, -0.2) is 110 Å². The zero-order valence-corrected chi connectivity index (χ0v) is 34.3. The molecule has 1 amide bonds. The van der Waals surface area contributed by atoms with E-state index in [2.05, 4.69) is 5.32 Å². The second-order valence-electron chi connectivity index (χ2n) is 17.6. The molecule has 1 aliphatic heterocycles. The number of ketones is 1. The average molecular weight is 824 g/mol. The highest BCUT2D eigenvalue weighted by Crippen LogP contribution is 2.64. The first kappa shape index (κ1) is 43.9. The molecule has 4 aliphatic rings. The van der Waals surface area contributed by atoms with Crippen LogP contribution in [0.2, 0.25) is 0 Å². The first-order valence-electron chi connectivity index (χ1n) is 19.5. The van der Waals surface area contributed by atoms with Gasteiger partial charge in [-0.15, -0.1) is 0 Å². The first-order chi connectivity index (χ1) is 27.5. The molecule has 16 nitrogen and oxygen atoms in total.